The van der Waals surface area contributed by atoms with Crippen LogP contribution in [0, 0.1) is 0 Å². The third kappa shape index (κ3) is 5.28. The molecule has 0 aliphatic carbocycles. The number of rotatable bonds is 9. The Balaban J connectivity index is 1.54. The zero-order chi connectivity index (χ0) is 23.2. The van der Waals surface area contributed by atoms with Crippen molar-refractivity contribution in [3.63, 3.8) is 0 Å². The summed E-state index contributed by atoms with van der Waals surface area (Å²) >= 11 is 1.37. The Morgan fingerprint density at radius 2 is 1.94 bits per heavy atom. The highest BCUT2D eigenvalue weighted by atomic mass is 32.2. The van der Waals surface area contributed by atoms with E-state index in [0.717, 1.165) is 22.6 Å². The van der Waals surface area contributed by atoms with Crippen LogP contribution >= 0.6 is 11.8 Å². The first-order chi connectivity index (χ1) is 16.1. The molecule has 1 atom stereocenters. The molecule has 4 rings (SSSR count). The van der Waals surface area contributed by atoms with E-state index in [1.54, 1.807) is 18.3 Å². The molecule has 2 heterocycles. The second-order valence-corrected chi connectivity index (χ2v) is 8.53. The smallest absolute Gasteiger partial charge is 0.233 e. The summed E-state index contributed by atoms with van der Waals surface area (Å²) in [6, 6.07) is 21.4. The number of ether oxygens (including phenoxy) is 1. The van der Waals surface area contributed by atoms with Gasteiger partial charge in [-0.25, -0.2) is 0 Å². The first kappa shape index (κ1) is 22.7. The van der Waals surface area contributed by atoms with Crippen molar-refractivity contribution in [1.29, 1.82) is 0 Å². The molecule has 0 bridgehead atoms. The van der Waals surface area contributed by atoms with Gasteiger partial charge in [-0.2, -0.15) is 0 Å². The van der Waals surface area contributed by atoms with Crippen molar-refractivity contribution in [3.8, 4) is 17.1 Å². The van der Waals surface area contributed by atoms with Gasteiger partial charge in [0.15, 0.2) is 11.0 Å². The van der Waals surface area contributed by atoms with Gasteiger partial charge in [0.05, 0.1) is 31.7 Å². The predicted octanol–water partition coefficient (Wildman–Crippen LogP) is 4.91. The molecule has 0 saturated carbocycles. The Kier molecular flexibility index (Phi) is 7.14. The number of methoxy groups -OCH3 is 1. The number of benzene rings is 2. The van der Waals surface area contributed by atoms with Gasteiger partial charge in [0, 0.05) is 12.6 Å². The number of amides is 1. The van der Waals surface area contributed by atoms with E-state index in [1.165, 1.54) is 11.8 Å². The maximum Gasteiger partial charge on any atom is 0.233 e. The molecule has 0 aliphatic rings. The molecule has 0 spiro atoms. The average molecular weight is 463 g/mol. The van der Waals surface area contributed by atoms with Crippen LogP contribution in [-0.4, -0.2) is 45.5 Å². The fourth-order valence-electron chi connectivity index (χ4n) is 3.47. The zero-order valence-electron chi connectivity index (χ0n) is 18.8. The van der Waals surface area contributed by atoms with Gasteiger partial charge in [0.2, 0.25) is 5.91 Å². The molecule has 170 valence electrons. The highest BCUT2D eigenvalue weighted by Gasteiger charge is 2.21. The Morgan fingerprint density at radius 1 is 1.12 bits per heavy atom. The van der Waals surface area contributed by atoms with Crippen molar-refractivity contribution in [3.05, 3.63) is 84.3 Å². The van der Waals surface area contributed by atoms with Gasteiger partial charge in [-0.3, -0.25) is 9.36 Å². The van der Waals surface area contributed by atoms with Crippen molar-refractivity contribution in [2.24, 2.45) is 0 Å². The number of furan rings is 1. The van der Waals surface area contributed by atoms with Crippen LogP contribution in [0.4, 0.5) is 0 Å². The molecule has 0 saturated heterocycles. The molecular weight excluding hydrogens is 436 g/mol. The monoisotopic (exact) mass is 462 g/mol. The highest BCUT2D eigenvalue weighted by molar-refractivity contribution is 7.99. The topological polar surface area (TPSA) is 73.4 Å². The summed E-state index contributed by atoms with van der Waals surface area (Å²) in [4.78, 5) is 14.7. The Hall–Kier alpha value is -3.52. The molecule has 7 nitrogen and oxygen atoms in total. The van der Waals surface area contributed by atoms with Gasteiger partial charge in [0.25, 0.3) is 0 Å². The minimum absolute atomic E-state index is 0.0202. The summed E-state index contributed by atoms with van der Waals surface area (Å²) in [6.07, 6.45) is 1.64. The fraction of sp³-hybridized carbons (Fsp3) is 0.240. The van der Waals surface area contributed by atoms with Crippen LogP contribution in [0.15, 0.2) is 82.6 Å². The highest BCUT2D eigenvalue weighted by Crippen LogP contribution is 2.28. The number of nitrogens with zero attached hydrogens (tertiary/aromatic N) is 4. The summed E-state index contributed by atoms with van der Waals surface area (Å²) in [5.74, 6) is 2.48. The number of hydrogen-bond acceptors (Lipinski definition) is 6. The Bertz CT molecular complexity index is 1190. The summed E-state index contributed by atoms with van der Waals surface area (Å²) in [5, 5.41) is 9.45. The molecule has 0 fully saturated rings. The molecule has 0 radical (unpaired) electrons. The molecule has 2 aromatic heterocycles. The summed E-state index contributed by atoms with van der Waals surface area (Å²) in [5.41, 5.74) is 1.97. The van der Waals surface area contributed by atoms with E-state index in [0.29, 0.717) is 17.5 Å². The lowest BCUT2D eigenvalue weighted by molar-refractivity contribution is -0.128. The van der Waals surface area contributed by atoms with Crippen molar-refractivity contribution in [2.75, 3.05) is 19.9 Å². The van der Waals surface area contributed by atoms with E-state index >= 15 is 0 Å². The van der Waals surface area contributed by atoms with Gasteiger partial charge in [-0.15, -0.1) is 10.2 Å². The molecule has 4 aromatic rings. The second-order valence-electron chi connectivity index (χ2n) is 7.58. The van der Waals surface area contributed by atoms with Gasteiger partial charge in [0.1, 0.15) is 11.5 Å². The van der Waals surface area contributed by atoms with Crippen LogP contribution < -0.4 is 4.74 Å². The van der Waals surface area contributed by atoms with Crippen molar-refractivity contribution in [2.45, 2.75) is 24.7 Å². The van der Waals surface area contributed by atoms with E-state index in [2.05, 4.69) is 10.2 Å². The largest absolute Gasteiger partial charge is 0.497 e. The van der Waals surface area contributed by atoms with Gasteiger partial charge in [-0.1, -0.05) is 54.2 Å². The number of thioether (sulfide) groups is 1. The van der Waals surface area contributed by atoms with E-state index in [9.17, 15) is 4.79 Å². The number of carbonyl (C=O) groups excluding carboxylic acids is 1. The van der Waals surface area contributed by atoms with Crippen LogP contribution in [0.25, 0.3) is 11.4 Å². The molecule has 33 heavy (non-hydrogen) atoms. The van der Waals surface area contributed by atoms with Gasteiger partial charge >= 0.3 is 0 Å². The molecule has 8 heteroatoms. The molecular formula is C25H26N4O3S. The zero-order valence-corrected chi connectivity index (χ0v) is 19.7. The van der Waals surface area contributed by atoms with Crippen LogP contribution in [0.5, 0.6) is 5.75 Å². The van der Waals surface area contributed by atoms with Crippen LogP contribution in [-0.2, 0) is 11.3 Å². The molecule has 0 aliphatic heterocycles. The van der Waals surface area contributed by atoms with Crippen LogP contribution in [0.1, 0.15) is 24.3 Å². The normalized spacial score (nSPS) is 11.8. The van der Waals surface area contributed by atoms with Crippen LogP contribution in [0.3, 0.4) is 0 Å². The minimum atomic E-state index is -0.0207. The van der Waals surface area contributed by atoms with Crippen molar-refractivity contribution < 1.29 is 13.9 Å². The molecule has 2 aromatic carbocycles. The maximum atomic E-state index is 12.9. The number of hydrogen-bond donors (Lipinski definition) is 0. The minimum Gasteiger partial charge on any atom is -0.497 e. The summed E-state index contributed by atoms with van der Waals surface area (Å²) in [6.45, 7) is 2.48. The van der Waals surface area contributed by atoms with Crippen molar-refractivity contribution in [1.82, 2.24) is 19.7 Å². The van der Waals surface area contributed by atoms with Crippen LogP contribution in [0.2, 0.25) is 0 Å². The lowest BCUT2D eigenvalue weighted by Crippen LogP contribution is -2.31. The average Bonchev–Trinajstić information content (AvgIpc) is 3.52. The molecule has 0 N–H and O–H groups in total. The quantitative estimate of drug-likeness (QED) is 0.329. The first-order valence-corrected chi connectivity index (χ1v) is 11.6. The van der Waals surface area contributed by atoms with Gasteiger partial charge in [-0.05, 0) is 36.8 Å². The van der Waals surface area contributed by atoms with Gasteiger partial charge < -0.3 is 14.1 Å². The van der Waals surface area contributed by atoms with E-state index in [1.807, 2.05) is 85.3 Å². The fourth-order valence-corrected chi connectivity index (χ4v) is 4.33. The van der Waals surface area contributed by atoms with E-state index in [4.69, 9.17) is 9.15 Å². The van der Waals surface area contributed by atoms with Crippen molar-refractivity contribution >= 4 is 17.7 Å². The lowest BCUT2D eigenvalue weighted by Gasteiger charge is -2.25. The summed E-state index contributed by atoms with van der Waals surface area (Å²) < 4.78 is 12.9. The Morgan fingerprint density at radius 3 is 2.67 bits per heavy atom. The number of carbonyl (C=O) groups is 1. The molecule has 1 unspecified atom stereocenters. The standard InChI is InChI=1S/C25H26N4O3S/c1-18(19-9-5-4-6-10-19)28(2)23(30)17-33-25-27-26-24(20-11-7-12-21(15-20)31-3)29(25)16-22-13-8-14-32-22/h4-15,18H,16-17H2,1-3H3. The first-order valence-electron chi connectivity index (χ1n) is 10.6. The Labute approximate surface area is 197 Å². The third-order valence-electron chi connectivity index (χ3n) is 5.52. The van der Waals surface area contributed by atoms with E-state index in [-0.39, 0.29) is 17.7 Å². The summed E-state index contributed by atoms with van der Waals surface area (Å²) in [7, 11) is 3.46. The lowest BCUT2D eigenvalue weighted by atomic mass is 10.1. The predicted molar refractivity (Wildman–Crippen MR) is 128 cm³/mol. The van der Waals surface area contributed by atoms with E-state index < -0.39 is 0 Å². The maximum absolute atomic E-state index is 12.9. The number of aromatic nitrogens is 3. The second kappa shape index (κ2) is 10.4. The SMILES string of the molecule is COc1cccc(-c2nnc(SCC(=O)N(C)C(C)c3ccccc3)n2Cc2ccco2)c1. The third-order valence-corrected chi connectivity index (χ3v) is 6.47. The molecule has 1 amide bonds.